The van der Waals surface area contributed by atoms with Crippen molar-refractivity contribution in [2.75, 3.05) is 0 Å². The molecule has 0 saturated carbocycles. The van der Waals surface area contributed by atoms with Gasteiger partial charge in [-0.25, -0.2) is 22.0 Å². The first-order valence-electron chi connectivity index (χ1n) is 2.55. The summed E-state index contributed by atoms with van der Waals surface area (Å²) in [6.07, 6.45) is -3.72. The van der Waals surface area contributed by atoms with E-state index in [0.717, 1.165) is 22.6 Å². The fourth-order valence-electron chi connectivity index (χ4n) is 0.326. The largest absolute Gasteiger partial charge is 0.286 e. The van der Waals surface area contributed by atoms with E-state index in [9.17, 15) is 22.0 Å². The Morgan fingerprint density at radius 2 is 1.31 bits per heavy atom. The SMILES string of the molecule is FC(F)C(F)(Br)C(F)(Br)C(F)(Br)I. The summed E-state index contributed by atoms with van der Waals surface area (Å²) in [5.41, 5.74) is 0. The van der Waals surface area contributed by atoms with Crippen molar-refractivity contribution in [3.05, 3.63) is 0 Å². The molecule has 3 atom stereocenters. The Bertz CT molecular complexity index is 189. The second-order valence-electron chi connectivity index (χ2n) is 2.00. The van der Waals surface area contributed by atoms with Crippen LogP contribution in [0, 0.1) is 0 Å². The van der Waals surface area contributed by atoms with Gasteiger partial charge in [0.25, 0.3) is 18.2 Å². The van der Waals surface area contributed by atoms with Crippen LogP contribution in [-0.2, 0) is 0 Å². The lowest BCUT2D eigenvalue weighted by atomic mass is 10.2. The molecule has 80 valence electrons. The van der Waals surface area contributed by atoms with Crippen molar-refractivity contribution in [3.8, 4) is 0 Å². The maximum Gasteiger partial charge on any atom is 0.286 e. The van der Waals surface area contributed by atoms with Crippen LogP contribution in [0.3, 0.4) is 0 Å². The molecule has 0 aliphatic heterocycles. The number of hydrogen-bond donors (Lipinski definition) is 0. The summed E-state index contributed by atoms with van der Waals surface area (Å²) in [5, 5.41) is 0. The van der Waals surface area contributed by atoms with Crippen molar-refractivity contribution in [3.63, 3.8) is 0 Å². The zero-order valence-corrected chi connectivity index (χ0v) is 12.4. The van der Waals surface area contributed by atoms with Crippen LogP contribution in [0.5, 0.6) is 0 Å². The minimum absolute atomic E-state index is 0.803. The molecule has 9 heteroatoms. The van der Waals surface area contributed by atoms with E-state index < -0.39 is 18.2 Å². The number of alkyl halides is 9. The van der Waals surface area contributed by atoms with Crippen molar-refractivity contribution in [1.29, 1.82) is 0 Å². The molecule has 0 aliphatic carbocycles. The van der Waals surface area contributed by atoms with Crippen molar-refractivity contribution >= 4 is 70.4 Å². The highest BCUT2D eigenvalue weighted by Crippen LogP contribution is 2.58. The number of halogens is 9. The molecule has 0 saturated heterocycles. The molecule has 0 aromatic heterocycles. The van der Waals surface area contributed by atoms with Gasteiger partial charge in [-0.3, -0.25) is 0 Å². The van der Waals surface area contributed by atoms with Crippen LogP contribution in [-0.4, -0.2) is 18.2 Å². The number of rotatable bonds is 3. The normalized spacial score (nSPS) is 26.3. The molecule has 0 fully saturated rings. The van der Waals surface area contributed by atoms with E-state index >= 15 is 0 Å². The Kier molecular flexibility index (Phi) is 4.97. The van der Waals surface area contributed by atoms with Gasteiger partial charge in [-0.1, -0.05) is 0 Å². The third-order valence-corrected chi connectivity index (χ3v) is 6.16. The summed E-state index contributed by atoms with van der Waals surface area (Å²) in [4.78, 5) is 0. The van der Waals surface area contributed by atoms with Gasteiger partial charge in [0, 0.05) is 0 Å². The smallest absolute Gasteiger partial charge is 0.221 e. The van der Waals surface area contributed by atoms with Crippen LogP contribution >= 0.6 is 70.4 Å². The van der Waals surface area contributed by atoms with Crippen LogP contribution < -0.4 is 0 Å². The van der Waals surface area contributed by atoms with Gasteiger partial charge in [0.15, 0.2) is 0 Å². The maximum absolute atomic E-state index is 13.2. The van der Waals surface area contributed by atoms with Gasteiger partial charge < -0.3 is 0 Å². The lowest BCUT2D eigenvalue weighted by molar-refractivity contribution is -0.0411. The Hall–Kier alpha value is 1.82. The predicted octanol–water partition coefficient (Wildman–Crippen LogP) is 4.83. The van der Waals surface area contributed by atoms with Crippen LogP contribution in [0.1, 0.15) is 0 Å². The minimum Gasteiger partial charge on any atom is -0.221 e. The zero-order chi connectivity index (χ0) is 11.1. The summed E-state index contributed by atoms with van der Waals surface area (Å²) in [7, 11) is 0. The molecule has 0 aliphatic rings. The fraction of sp³-hybridized carbons (Fsp3) is 1.00. The van der Waals surface area contributed by atoms with E-state index in [1.807, 2.05) is 15.9 Å². The Morgan fingerprint density at radius 3 is 1.38 bits per heavy atom. The van der Waals surface area contributed by atoms with Crippen LogP contribution in [0.2, 0.25) is 0 Å². The van der Waals surface area contributed by atoms with E-state index in [0.29, 0.717) is 0 Å². The second kappa shape index (κ2) is 4.36. The minimum atomic E-state index is -3.82. The molecule has 0 N–H and O–H groups in total. The molecule has 0 radical (unpaired) electrons. The topological polar surface area (TPSA) is 0 Å². The van der Waals surface area contributed by atoms with Gasteiger partial charge in [0.1, 0.15) is 0 Å². The van der Waals surface area contributed by atoms with E-state index in [2.05, 4.69) is 15.9 Å². The first-order chi connectivity index (χ1) is 5.44. The number of hydrogen-bond acceptors (Lipinski definition) is 0. The van der Waals surface area contributed by atoms with E-state index in [1.54, 1.807) is 15.9 Å². The summed E-state index contributed by atoms with van der Waals surface area (Å²) < 4.78 is 52.6. The van der Waals surface area contributed by atoms with Gasteiger partial charge >= 0.3 is 0 Å². The van der Waals surface area contributed by atoms with Crippen molar-refractivity contribution in [1.82, 2.24) is 0 Å². The highest BCUT2D eigenvalue weighted by atomic mass is 127. The average Bonchev–Trinajstić information content (AvgIpc) is 1.84. The quantitative estimate of drug-likeness (QED) is 0.290. The van der Waals surface area contributed by atoms with Crippen LogP contribution in [0.25, 0.3) is 0 Å². The zero-order valence-electron chi connectivity index (χ0n) is 5.48. The molecule has 0 heterocycles. The highest BCUT2D eigenvalue weighted by Gasteiger charge is 2.67. The summed E-state index contributed by atoms with van der Waals surface area (Å²) in [6, 6.07) is 0. The van der Waals surface area contributed by atoms with Gasteiger partial charge in [-0.15, -0.1) is 0 Å². The lowest BCUT2D eigenvalue weighted by Crippen LogP contribution is -2.51. The third kappa shape index (κ3) is 2.90. The predicted molar refractivity (Wildman–Crippen MR) is 58.3 cm³/mol. The van der Waals surface area contributed by atoms with E-state index in [4.69, 9.17) is 0 Å². The molecule has 0 nitrogen and oxygen atoms in total. The van der Waals surface area contributed by atoms with Crippen LogP contribution in [0.4, 0.5) is 22.0 Å². The molecular formula is C4HBr3F5I. The van der Waals surface area contributed by atoms with Crippen molar-refractivity contribution < 1.29 is 22.0 Å². The van der Waals surface area contributed by atoms with Crippen LogP contribution in [0.15, 0.2) is 0 Å². The highest BCUT2D eigenvalue weighted by molar-refractivity contribution is 14.1. The van der Waals surface area contributed by atoms with Crippen molar-refractivity contribution in [2.45, 2.75) is 18.2 Å². The Labute approximate surface area is 110 Å². The molecule has 13 heavy (non-hydrogen) atoms. The van der Waals surface area contributed by atoms with E-state index in [1.165, 1.54) is 0 Å². The summed E-state index contributed by atoms with van der Waals surface area (Å²) in [5.74, 6) is 0. The van der Waals surface area contributed by atoms with Gasteiger partial charge in [0.2, 0.25) is 0 Å². The summed E-state index contributed by atoms with van der Waals surface area (Å²) >= 11 is 6.62. The molecule has 3 unspecified atom stereocenters. The van der Waals surface area contributed by atoms with E-state index in [-0.39, 0.29) is 0 Å². The summed E-state index contributed by atoms with van der Waals surface area (Å²) in [6.45, 7) is 0. The van der Waals surface area contributed by atoms with Crippen molar-refractivity contribution in [2.24, 2.45) is 0 Å². The molecule has 0 spiro atoms. The van der Waals surface area contributed by atoms with Gasteiger partial charge in [-0.05, 0) is 70.4 Å². The fourth-order valence-corrected chi connectivity index (χ4v) is 2.09. The molecule has 0 rings (SSSR count). The van der Waals surface area contributed by atoms with Gasteiger partial charge in [-0.2, -0.15) is 0 Å². The molecular weight excluding hydrogens is 510 g/mol. The molecule has 0 amide bonds. The van der Waals surface area contributed by atoms with Gasteiger partial charge in [0.05, 0.1) is 0 Å². The maximum atomic E-state index is 13.2. The average molecular weight is 511 g/mol. The Balaban J connectivity index is 5.04. The molecule has 0 aromatic carbocycles. The Morgan fingerprint density at radius 1 is 1.00 bits per heavy atom. The first-order valence-corrected chi connectivity index (χ1v) is 6.01. The standard InChI is InChI=1S/C4HBr3F5I/c5-2(10,1(8)9)3(6,11)4(7,12)13/h1H. The molecule has 0 bridgehead atoms. The molecule has 0 aromatic rings. The first kappa shape index (κ1) is 14.8. The lowest BCUT2D eigenvalue weighted by Gasteiger charge is -2.33. The second-order valence-corrected chi connectivity index (χ2v) is 8.30. The third-order valence-electron chi connectivity index (χ3n) is 1.05. The monoisotopic (exact) mass is 508 g/mol.